The van der Waals surface area contributed by atoms with Crippen molar-refractivity contribution in [2.75, 3.05) is 0 Å². The van der Waals surface area contributed by atoms with Gasteiger partial charge in [-0.1, -0.05) is 30.3 Å². The number of hydrogen-bond donors (Lipinski definition) is 2. The maximum Gasteiger partial charge on any atom is 0.344 e. The number of benzene rings is 1. The minimum absolute atomic E-state index is 0.204. The van der Waals surface area contributed by atoms with Crippen LogP contribution >= 0.6 is 11.3 Å². The highest BCUT2D eigenvalue weighted by molar-refractivity contribution is 7.07. The van der Waals surface area contributed by atoms with Crippen LogP contribution in [0.2, 0.25) is 0 Å². The molecule has 0 radical (unpaired) electrons. The fourth-order valence-corrected chi connectivity index (χ4v) is 3.28. The number of carbonyl (C=O) groups excluding carboxylic acids is 3. The molecule has 1 aliphatic heterocycles. The highest BCUT2D eigenvalue weighted by Gasteiger charge is 2.49. The number of aryl methyl sites for hydroxylation is 1. The number of nitrogens with zero attached hydrogens (tertiary/aromatic N) is 1. The Balaban J connectivity index is 1.67. The lowest BCUT2D eigenvalue weighted by molar-refractivity contribution is -0.138. The van der Waals surface area contributed by atoms with Crippen LogP contribution in [0.5, 0.6) is 0 Å². The van der Waals surface area contributed by atoms with Crippen LogP contribution in [0.25, 0.3) is 0 Å². The van der Waals surface area contributed by atoms with Gasteiger partial charge >= 0.3 is 6.03 Å². The normalized spacial score (nSPS) is 20.1. The Morgan fingerprint density at radius 1 is 1.25 bits per heavy atom. The van der Waals surface area contributed by atoms with Gasteiger partial charge in [-0.15, -0.1) is 0 Å². The van der Waals surface area contributed by atoms with E-state index in [0.717, 1.165) is 10.6 Å². The molecule has 1 atom stereocenters. The number of carbonyl (C=O) groups is 3. The molecule has 1 aliphatic rings. The van der Waals surface area contributed by atoms with E-state index in [0.29, 0.717) is 12.0 Å². The molecule has 1 aromatic carbocycles. The topological polar surface area (TPSA) is 78.5 Å². The Morgan fingerprint density at radius 2 is 2.00 bits per heavy atom. The Morgan fingerprint density at radius 3 is 2.67 bits per heavy atom. The summed E-state index contributed by atoms with van der Waals surface area (Å²) in [7, 11) is 0. The maximum atomic E-state index is 12.6. The van der Waals surface area contributed by atoms with Gasteiger partial charge in [-0.2, -0.15) is 16.3 Å². The molecule has 24 heavy (non-hydrogen) atoms. The summed E-state index contributed by atoms with van der Waals surface area (Å²) in [4.78, 5) is 36.8. The first-order valence-electron chi connectivity index (χ1n) is 7.53. The maximum absolute atomic E-state index is 12.6. The molecule has 0 saturated carbocycles. The van der Waals surface area contributed by atoms with Gasteiger partial charge in [-0.3, -0.25) is 15.0 Å². The van der Waals surface area contributed by atoms with Gasteiger partial charge in [0.25, 0.3) is 5.91 Å². The van der Waals surface area contributed by atoms with Gasteiger partial charge in [-0.25, -0.2) is 4.79 Å². The highest BCUT2D eigenvalue weighted by atomic mass is 32.1. The SMILES string of the molecule is CC1(c2ccccc2)NC(=O)N(NC(=O)CCc2ccsc2)C1=O. The fraction of sp³-hybridized carbons (Fsp3) is 0.235. The van der Waals surface area contributed by atoms with Crippen molar-refractivity contribution in [2.24, 2.45) is 0 Å². The van der Waals surface area contributed by atoms with Crippen LogP contribution in [0.3, 0.4) is 0 Å². The Hall–Kier alpha value is -2.67. The number of thiophene rings is 1. The lowest BCUT2D eigenvalue weighted by atomic mass is 9.92. The van der Waals surface area contributed by atoms with E-state index in [1.54, 1.807) is 42.5 Å². The van der Waals surface area contributed by atoms with Crippen molar-refractivity contribution in [3.8, 4) is 0 Å². The molecule has 6 nitrogen and oxygen atoms in total. The number of amides is 4. The van der Waals surface area contributed by atoms with Crippen molar-refractivity contribution < 1.29 is 14.4 Å². The van der Waals surface area contributed by atoms with E-state index in [-0.39, 0.29) is 12.3 Å². The third kappa shape index (κ3) is 3.03. The number of urea groups is 1. The zero-order valence-corrected chi connectivity index (χ0v) is 13.9. The van der Waals surface area contributed by atoms with Crippen molar-refractivity contribution in [2.45, 2.75) is 25.3 Å². The molecular formula is C17H17N3O3S. The summed E-state index contributed by atoms with van der Waals surface area (Å²) in [5.41, 5.74) is 2.94. The van der Waals surface area contributed by atoms with Gasteiger partial charge in [0.05, 0.1) is 0 Å². The second kappa shape index (κ2) is 6.45. The van der Waals surface area contributed by atoms with E-state index in [4.69, 9.17) is 0 Å². The zero-order chi connectivity index (χ0) is 17.2. The molecule has 2 N–H and O–H groups in total. The third-order valence-electron chi connectivity index (χ3n) is 4.00. The predicted molar refractivity (Wildman–Crippen MR) is 90.0 cm³/mol. The molecule has 0 spiro atoms. The predicted octanol–water partition coefficient (Wildman–Crippen LogP) is 2.18. The fourth-order valence-electron chi connectivity index (χ4n) is 2.58. The molecule has 1 aromatic heterocycles. The van der Waals surface area contributed by atoms with Gasteiger partial charge in [0, 0.05) is 6.42 Å². The van der Waals surface area contributed by atoms with Crippen LogP contribution in [-0.4, -0.2) is 22.9 Å². The molecule has 3 rings (SSSR count). The molecule has 0 bridgehead atoms. The Kier molecular flexibility index (Phi) is 4.35. The standard InChI is InChI=1S/C17H17N3O3S/c1-17(13-5-3-2-4-6-13)15(22)20(16(23)18-17)19-14(21)8-7-12-9-10-24-11-12/h2-6,9-11H,7-8H2,1H3,(H,18,23)(H,19,21). The highest BCUT2D eigenvalue weighted by Crippen LogP contribution is 2.27. The second-order valence-electron chi connectivity index (χ2n) is 5.73. The molecule has 1 unspecified atom stereocenters. The van der Waals surface area contributed by atoms with Gasteiger partial charge in [0.1, 0.15) is 5.54 Å². The van der Waals surface area contributed by atoms with Crippen LogP contribution in [0.1, 0.15) is 24.5 Å². The molecule has 124 valence electrons. The van der Waals surface area contributed by atoms with Crippen molar-refractivity contribution in [3.63, 3.8) is 0 Å². The summed E-state index contributed by atoms with van der Waals surface area (Å²) in [5.74, 6) is -0.871. The van der Waals surface area contributed by atoms with E-state index >= 15 is 0 Å². The molecule has 0 aliphatic carbocycles. The summed E-state index contributed by atoms with van der Waals surface area (Å²) in [6.07, 6.45) is 0.769. The monoisotopic (exact) mass is 343 g/mol. The van der Waals surface area contributed by atoms with E-state index in [2.05, 4.69) is 10.7 Å². The van der Waals surface area contributed by atoms with Crippen molar-refractivity contribution in [3.05, 3.63) is 58.3 Å². The molecule has 1 fully saturated rings. The minimum atomic E-state index is -1.18. The van der Waals surface area contributed by atoms with Gasteiger partial charge in [0.2, 0.25) is 5.91 Å². The largest absolute Gasteiger partial charge is 0.344 e. The number of hydrogen-bond acceptors (Lipinski definition) is 4. The quantitative estimate of drug-likeness (QED) is 0.817. The van der Waals surface area contributed by atoms with E-state index in [9.17, 15) is 14.4 Å². The average molecular weight is 343 g/mol. The summed E-state index contributed by atoms with van der Waals surface area (Å²) >= 11 is 1.56. The van der Waals surface area contributed by atoms with Crippen molar-refractivity contribution in [1.82, 2.24) is 15.8 Å². The molecular weight excluding hydrogens is 326 g/mol. The number of imide groups is 1. The summed E-state index contributed by atoms with van der Waals surface area (Å²) < 4.78 is 0. The summed E-state index contributed by atoms with van der Waals surface area (Å²) in [6.45, 7) is 1.63. The van der Waals surface area contributed by atoms with Gasteiger partial charge < -0.3 is 5.32 Å². The third-order valence-corrected chi connectivity index (χ3v) is 4.73. The Bertz CT molecular complexity index is 761. The molecule has 2 heterocycles. The molecule has 2 aromatic rings. The first kappa shape index (κ1) is 16.2. The van der Waals surface area contributed by atoms with E-state index < -0.39 is 17.5 Å². The number of hydrazine groups is 1. The smallest absolute Gasteiger partial charge is 0.318 e. The van der Waals surface area contributed by atoms with Crippen molar-refractivity contribution >= 4 is 29.2 Å². The van der Waals surface area contributed by atoms with E-state index in [1.165, 1.54) is 0 Å². The average Bonchev–Trinajstić information content (AvgIpc) is 3.17. The van der Waals surface area contributed by atoms with Crippen LogP contribution < -0.4 is 10.7 Å². The van der Waals surface area contributed by atoms with Crippen molar-refractivity contribution in [1.29, 1.82) is 0 Å². The first-order valence-corrected chi connectivity index (χ1v) is 8.48. The number of rotatable bonds is 5. The Labute approximate surface area is 143 Å². The van der Waals surface area contributed by atoms with Crippen LogP contribution in [-0.2, 0) is 21.5 Å². The van der Waals surface area contributed by atoms with Gasteiger partial charge in [0.15, 0.2) is 0 Å². The van der Waals surface area contributed by atoms with Crippen LogP contribution in [0.15, 0.2) is 47.2 Å². The van der Waals surface area contributed by atoms with Crippen LogP contribution in [0.4, 0.5) is 4.79 Å². The molecule has 4 amide bonds. The molecule has 1 saturated heterocycles. The van der Waals surface area contributed by atoms with Crippen LogP contribution in [0, 0.1) is 0 Å². The van der Waals surface area contributed by atoms with Gasteiger partial charge in [-0.05, 0) is 41.3 Å². The lowest BCUT2D eigenvalue weighted by Crippen LogP contribution is -2.47. The second-order valence-corrected chi connectivity index (χ2v) is 6.51. The van der Waals surface area contributed by atoms with E-state index in [1.807, 2.05) is 22.9 Å². The minimum Gasteiger partial charge on any atom is -0.318 e. The summed E-state index contributed by atoms with van der Waals surface area (Å²) in [6, 6.07) is 10.3. The lowest BCUT2D eigenvalue weighted by Gasteiger charge is -2.22. The zero-order valence-electron chi connectivity index (χ0n) is 13.1. The molecule has 7 heteroatoms. The number of nitrogens with one attached hydrogen (secondary N) is 2. The first-order chi connectivity index (χ1) is 11.5. The summed E-state index contributed by atoms with van der Waals surface area (Å²) in [5, 5.41) is 7.32.